The molecular weight excluding hydrogens is 555 g/mol. The highest BCUT2D eigenvalue weighted by Gasteiger charge is 2.38. The molecule has 4 amide bonds. The third-order valence-corrected chi connectivity index (χ3v) is 6.66. The highest BCUT2D eigenvalue weighted by molar-refractivity contribution is 6.38. The molecule has 2 aliphatic rings. The van der Waals surface area contributed by atoms with Crippen molar-refractivity contribution in [3.8, 4) is 0 Å². The molecular formula is C26H25ClF3N5O5. The molecule has 0 unspecified atom stereocenters. The number of ketones is 1. The molecule has 1 aromatic heterocycles. The zero-order valence-electron chi connectivity index (χ0n) is 21.1. The lowest BCUT2D eigenvalue weighted by molar-refractivity contribution is -0.141. The molecule has 10 nitrogen and oxygen atoms in total. The maximum absolute atomic E-state index is 13.3. The van der Waals surface area contributed by atoms with Gasteiger partial charge in [0.05, 0.1) is 17.3 Å². The van der Waals surface area contributed by atoms with Crippen LogP contribution < -0.4 is 21.3 Å². The summed E-state index contributed by atoms with van der Waals surface area (Å²) in [7, 11) is 0. The number of amides is 4. The first-order valence-electron chi connectivity index (χ1n) is 12.4. The predicted molar refractivity (Wildman–Crippen MR) is 136 cm³/mol. The largest absolute Gasteiger partial charge is 0.433 e. The molecule has 2 fully saturated rings. The lowest BCUT2D eigenvalue weighted by Crippen LogP contribution is -2.49. The summed E-state index contributed by atoms with van der Waals surface area (Å²) >= 11 is 6.06. The smallest absolute Gasteiger partial charge is 0.353 e. The van der Waals surface area contributed by atoms with Gasteiger partial charge in [-0.25, -0.2) is 4.98 Å². The Morgan fingerprint density at radius 3 is 2.48 bits per heavy atom. The molecule has 1 aliphatic carbocycles. The lowest BCUT2D eigenvalue weighted by Gasteiger charge is -2.21. The highest BCUT2D eigenvalue weighted by atomic mass is 35.5. The number of alkyl halides is 3. The van der Waals surface area contributed by atoms with Gasteiger partial charge >= 0.3 is 6.18 Å². The van der Waals surface area contributed by atoms with Gasteiger partial charge in [0.2, 0.25) is 11.7 Å². The Bertz CT molecular complexity index is 1360. The second-order valence-electron chi connectivity index (χ2n) is 9.77. The van der Waals surface area contributed by atoms with Crippen molar-refractivity contribution in [2.45, 2.75) is 56.9 Å². The number of nitrogens with zero attached hydrogens (tertiary/aromatic N) is 1. The minimum absolute atomic E-state index is 0.0821. The Hall–Kier alpha value is -4.00. The third kappa shape index (κ3) is 7.14. The summed E-state index contributed by atoms with van der Waals surface area (Å²) in [6, 6.07) is 4.92. The van der Waals surface area contributed by atoms with Crippen LogP contribution in [-0.2, 0) is 20.6 Å². The first-order chi connectivity index (χ1) is 18.8. The van der Waals surface area contributed by atoms with Crippen LogP contribution in [0.15, 0.2) is 36.4 Å². The van der Waals surface area contributed by atoms with Crippen LogP contribution in [0.5, 0.6) is 0 Å². The van der Waals surface area contributed by atoms with E-state index in [1.165, 1.54) is 18.2 Å². The normalized spacial score (nSPS) is 19.4. The van der Waals surface area contributed by atoms with Crippen LogP contribution in [0.2, 0.25) is 5.02 Å². The van der Waals surface area contributed by atoms with E-state index >= 15 is 0 Å². The van der Waals surface area contributed by atoms with E-state index in [1.807, 2.05) is 0 Å². The van der Waals surface area contributed by atoms with Crippen molar-refractivity contribution < 1.29 is 37.1 Å². The Kier molecular flexibility index (Phi) is 8.43. The van der Waals surface area contributed by atoms with Crippen molar-refractivity contribution in [2.24, 2.45) is 5.92 Å². The van der Waals surface area contributed by atoms with Gasteiger partial charge in [0, 0.05) is 23.0 Å². The molecule has 212 valence electrons. The molecule has 1 saturated carbocycles. The first-order valence-corrected chi connectivity index (χ1v) is 12.8. The quantitative estimate of drug-likeness (QED) is 0.336. The molecule has 40 heavy (non-hydrogen) atoms. The molecule has 1 aromatic carbocycles. The van der Waals surface area contributed by atoms with Crippen molar-refractivity contribution in [1.82, 2.24) is 20.9 Å². The number of nitrogens with one attached hydrogen (secondary N) is 4. The number of aromatic nitrogens is 1. The van der Waals surface area contributed by atoms with Crippen LogP contribution in [0.4, 0.5) is 18.9 Å². The van der Waals surface area contributed by atoms with Gasteiger partial charge in [-0.1, -0.05) is 17.7 Å². The Morgan fingerprint density at radius 2 is 1.85 bits per heavy atom. The number of halogens is 4. The van der Waals surface area contributed by atoms with Gasteiger partial charge in [-0.05, 0) is 62.9 Å². The van der Waals surface area contributed by atoms with E-state index in [0.717, 1.165) is 25.0 Å². The molecule has 2 aromatic rings. The number of carbonyl (C=O) groups excluding carboxylic acids is 5. The van der Waals surface area contributed by atoms with Crippen LogP contribution in [0.1, 0.15) is 59.1 Å². The summed E-state index contributed by atoms with van der Waals surface area (Å²) in [6.07, 6.45) is -3.07. The van der Waals surface area contributed by atoms with Crippen LogP contribution in [0, 0.1) is 5.92 Å². The molecule has 1 saturated heterocycles. The predicted octanol–water partition coefficient (Wildman–Crippen LogP) is 2.87. The van der Waals surface area contributed by atoms with Crippen molar-refractivity contribution in [3.63, 3.8) is 0 Å². The van der Waals surface area contributed by atoms with Crippen LogP contribution in [0.25, 0.3) is 0 Å². The minimum atomic E-state index is -4.77. The number of pyridine rings is 1. The number of hydrogen-bond donors (Lipinski definition) is 4. The summed E-state index contributed by atoms with van der Waals surface area (Å²) < 4.78 is 39.1. The SMILES string of the molecule is C[C@@H]1C[C@@H](C[C@H](NC(=O)c2cc(Cl)ccc2NC(=O)c2cccc(C(F)(F)F)n2)C(=O)C(=O)NC2CC2)C(=O)N1. The highest BCUT2D eigenvalue weighted by Crippen LogP contribution is 2.28. The number of rotatable bonds is 9. The second kappa shape index (κ2) is 11.6. The Morgan fingerprint density at radius 1 is 1.12 bits per heavy atom. The summed E-state index contributed by atoms with van der Waals surface area (Å²) in [5.41, 5.74) is -2.18. The van der Waals surface area contributed by atoms with E-state index in [1.54, 1.807) is 6.92 Å². The molecule has 0 radical (unpaired) electrons. The van der Waals surface area contributed by atoms with E-state index in [0.29, 0.717) is 12.5 Å². The standard InChI is InChI=1S/C26H25ClF3N5O5/c1-12-9-13(22(37)31-12)10-19(21(36)25(40)32-15-6-7-15)35-23(38)16-11-14(27)5-8-17(16)34-24(39)18-3-2-4-20(33-18)26(28,29)30/h2-5,8,11-13,15,19H,6-7,9-10H2,1H3,(H,31,37)(H,32,40)(H,34,39)(H,35,38)/t12-,13+,19+/m1/s1. The van der Waals surface area contributed by atoms with Gasteiger partial charge in [0.1, 0.15) is 11.4 Å². The summed E-state index contributed by atoms with van der Waals surface area (Å²) in [6.45, 7) is 1.79. The van der Waals surface area contributed by atoms with Gasteiger partial charge in [-0.3, -0.25) is 24.0 Å². The minimum Gasteiger partial charge on any atom is -0.353 e. The molecule has 4 rings (SSSR count). The van der Waals surface area contributed by atoms with Gasteiger partial charge < -0.3 is 21.3 Å². The van der Waals surface area contributed by atoms with Crippen molar-refractivity contribution in [1.29, 1.82) is 0 Å². The van der Waals surface area contributed by atoms with Crippen LogP contribution in [-0.4, -0.2) is 52.5 Å². The summed E-state index contributed by atoms with van der Waals surface area (Å²) in [5.74, 6) is -4.72. The number of anilines is 1. The second-order valence-corrected chi connectivity index (χ2v) is 10.2. The van der Waals surface area contributed by atoms with Crippen LogP contribution >= 0.6 is 11.6 Å². The lowest BCUT2D eigenvalue weighted by atomic mass is 9.93. The Labute approximate surface area is 231 Å². The summed E-state index contributed by atoms with van der Waals surface area (Å²) in [5, 5.41) is 10.2. The van der Waals surface area contributed by atoms with Crippen molar-refractivity contribution in [3.05, 3.63) is 58.4 Å². The molecule has 0 spiro atoms. The van der Waals surface area contributed by atoms with Crippen molar-refractivity contribution in [2.75, 3.05) is 5.32 Å². The number of hydrogen-bond acceptors (Lipinski definition) is 6. The van der Waals surface area contributed by atoms with Gasteiger partial charge in [-0.15, -0.1) is 0 Å². The molecule has 2 heterocycles. The van der Waals surface area contributed by atoms with Crippen LogP contribution in [0.3, 0.4) is 0 Å². The molecule has 1 aliphatic heterocycles. The van der Waals surface area contributed by atoms with Gasteiger partial charge in [0.15, 0.2) is 0 Å². The molecule has 14 heteroatoms. The van der Waals surface area contributed by atoms with Gasteiger partial charge in [-0.2, -0.15) is 13.2 Å². The topological polar surface area (TPSA) is 146 Å². The van der Waals surface area contributed by atoms with Crippen molar-refractivity contribution >= 4 is 46.7 Å². The maximum atomic E-state index is 13.3. The van der Waals surface area contributed by atoms with E-state index in [2.05, 4.69) is 26.3 Å². The fraction of sp³-hybridized carbons (Fsp3) is 0.385. The average molecular weight is 580 g/mol. The molecule has 4 N–H and O–H groups in total. The molecule has 0 bridgehead atoms. The van der Waals surface area contributed by atoms with E-state index < -0.39 is 53.0 Å². The maximum Gasteiger partial charge on any atom is 0.433 e. The number of carbonyl (C=O) groups is 5. The number of Topliss-reactive ketones (excluding diaryl/α,β-unsaturated/α-hetero) is 1. The fourth-order valence-corrected chi connectivity index (χ4v) is 4.44. The monoisotopic (exact) mass is 579 g/mol. The number of benzene rings is 1. The zero-order valence-corrected chi connectivity index (χ0v) is 21.9. The van der Waals surface area contributed by atoms with E-state index in [4.69, 9.17) is 11.6 Å². The van der Waals surface area contributed by atoms with Gasteiger partial charge in [0.25, 0.3) is 17.7 Å². The first kappa shape index (κ1) is 29.0. The van der Waals surface area contributed by atoms with E-state index in [-0.39, 0.29) is 40.7 Å². The molecule has 3 atom stereocenters. The fourth-order valence-electron chi connectivity index (χ4n) is 4.27. The summed E-state index contributed by atoms with van der Waals surface area (Å²) in [4.78, 5) is 67.3. The average Bonchev–Trinajstić information content (AvgIpc) is 3.65. The Balaban J connectivity index is 1.56. The zero-order chi connectivity index (χ0) is 29.2. The third-order valence-electron chi connectivity index (χ3n) is 6.42. The van der Waals surface area contributed by atoms with E-state index in [9.17, 15) is 37.1 Å².